The van der Waals surface area contributed by atoms with E-state index in [1.807, 2.05) is 6.92 Å². The standard InChI is InChI=1S/C19H27NO4/c1-13(12-14-8-10-16(21)11-9-14)18(22)20-17(19(23)24-2)15-6-4-3-5-7-15/h8-11,13,15,17,21H,3-7,12H2,1-2H3,(H,20,22). The number of carbonyl (C=O) groups is 2. The van der Waals surface area contributed by atoms with Gasteiger partial charge >= 0.3 is 5.97 Å². The number of esters is 1. The van der Waals surface area contributed by atoms with Crippen molar-refractivity contribution in [1.29, 1.82) is 0 Å². The quantitative estimate of drug-likeness (QED) is 0.785. The number of nitrogens with one attached hydrogen (secondary N) is 1. The Kier molecular flexibility index (Phi) is 6.64. The summed E-state index contributed by atoms with van der Waals surface area (Å²) in [4.78, 5) is 24.6. The minimum atomic E-state index is -0.551. The number of phenols is 1. The number of amides is 1. The Morgan fingerprint density at radius 2 is 1.83 bits per heavy atom. The van der Waals surface area contributed by atoms with Crippen molar-refractivity contribution in [3.63, 3.8) is 0 Å². The Bertz CT molecular complexity index is 549. The van der Waals surface area contributed by atoms with E-state index in [-0.39, 0.29) is 29.5 Å². The molecule has 1 saturated carbocycles. The van der Waals surface area contributed by atoms with Gasteiger partial charge in [0.15, 0.2) is 0 Å². The summed E-state index contributed by atoms with van der Waals surface area (Å²) < 4.78 is 4.90. The summed E-state index contributed by atoms with van der Waals surface area (Å²) in [6.07, 6.45) is 5.84. The van der Waals surface area contributed by atoms with Crippen molar-refractivity contribution in [2.24, 2.45) is 11.8 Å². The number of aromatic hydroxyl groups is 1. The summed E-state index contributed by atoms with van der Waals surface area (Å²) >= 11 is 0. The van der Waals surface area contributed by atoms with Gasteiger partial charge in [-0.2, -0.15) is 0 Å². The highest BCUT2D eigenvalue weighted by Gasteiger charge is 2.32. The lowest BCUT2D eigenvalue weighted by Gasteiger charge is -2.29. The fourth-order valence-corrected chi connectivity index (χ4v) is 3.34. The average Bonchev–Trinajstić information content (AvgIpc) is 2.61. The fraction of sp³-hybridized carbons (Fsp3) is 0.579. The Balaban J connectivity index is 1.97. The van der Waals surface area contributed by atoms with E-state index in [4.69, 9.17) is 4.74 Å². The SMILES string of the molecule is COC(=O)C(NC(=O)C(C)Cc1ccc(O)cc1)C1CCCCC1. The average molecular weight is 333 g/mol. The normalized spacial score (nSPS) is 17.8. The highest BCUT2D eigenvalue weighted by Crippen LogP contribution is 2.27. The molecule has 2 rings (SSSR count). The lowest BCUT2D eigenvalue weighted by atomic mass is 9.83. The highest BCUT2D eigenvalue weighted by atomic mass is 16.5. The second-order valence-electron chi connectivity index (χ2n) is 6.68. The lowest BCUT2D eigenvalue weighted by Crippen LogP contribution is -2.49. The van der Waals surface area contributed by atoms with Crippen LogP contribution < -0.4 is 5.32 Å². The van der Waals surface area contributed by atoms with Gasteiger partial charge in [-0.05, 0) is 42.9 Å². The molecule has 0 aromatic heterocycles. The number of carbonyl (C=O) groups excluding carboxylic acids is 2. The van der Waals surface area contributed by atoms with E-state index < -0.39 is 6.04 Å². The van der Waals surface area contributed by atoms with E-state index in [9.17, 15) is 14.7 Å². The van der Waals surface area contributed by atoms with E-state index in [1.165, 1.54) is 13.5 Å². The van der Waals surface area contributed by atoms with Gasteiger partial charge in [0.05, 0.1) is 7.11 Å². The van der Waals surface area contributed by atoms with Crippen molar-refractivity contribution in [3.05, 3.63) is 29.8 Å². The zero-order valence-corrected chi connectivity index (χ0v) is 14.5. The third-order valence-electron chi connectivity index (χ3n) is 4.80. The maximum absolute atomic E-state index is 12.5. The van der Waals surface area contributed by atoms with E-state index in [0.717, 1.165) is 31.2 Å². The maximum Gasteiger partial charge on any atom is 0.328 e. The zero-order valence-electron chi connectivity index (χ0n) is 14.5. The maximum atomic E-state index is 12.5. The van der Waals surface area contributed by atoms with Crippen LogP contribution in [0.2, 0.25) is 0 Å². The van der Waals surface area contributed by atoms with Gasteiger partial charge in [-0.15, -0.1) is 0 Å². The van der Waals surface area contributed by atoms with Crippen molar-refractivity contribution in [2.45, 2.75) is 51.5 Å². The minimum Gasteiger partial charge on any atom is -0.508 e. The molecule has 0 aliphatic heterocycles. The van der Waals surface area contributed by atoms with E-state index in [2.05, 4.69) is 5.32 Å². The van der Waals surface area contributed by atoms with Crippen LogP contribution in [-0.4, -0.2) is 30.1 Å². The summed E-state index contributed by atoms with van der Waals surface area (Å²) in [6, 6.07) is 6.28. The predicted octanol–water partition coefficient (Wildman–Crippen LogP) is 2.81. The molecule has 1 amide bonds. The molecule has 1 aliphatic rings. The second-order valence-corrected chi connectivity index (χ2v) is 6.68. The van der Waals surface area contributed by atoms with E-state index in [1.54, 1.807) is 24.3 Å². The predicted molar refractivity (Wildman–Crippen MR) is 91.5 cm³/mol. The van der Waals surface area contributed by atoms with Gasteiger partial charge in [0, 0.05) is 5.92 Å². The number of benzene rings is 1. The van der Waals surface area contributed by atoms with Crippen molar-refractivity contribution in [2.75, 3.05) is 7.11 Å². The van der Waals surface area contributed by atoms with Crippen LogP contribution in [0.1, 0.15) is 44.6 Å². The van der Waals surface area contributed by atoms with Crippen LogP contribution in [0.25, 0.3) is 0 Å². The third kappa shape index (κ3) is 4.98. The number of phenolic OH excluding ortho intramolecular Hbond substituents is 1. The van der Waals surface area contributed by atoms with Gasteiger partial charge in [-0.25, -0.2) is 4.79 Å². The molecule has 0 spiro atoms. The highest BCUT2D eigenvalue weighted by molar-refractivity contribution is 5.85. The Labute approximate surface area is 143 Å². The molecule has 1 aromatic rings. The summed E-state index contributed by atoms with van der Waals surface area (Å²) in [5.41, 5.74) is 0.975. The van der Waals surface area contributed by atoms with Gasteiger partial charge in [0.25, 0.3) is 0 Å². The first-order chi connectivity index (χ1) is 11.5. The first kappa shape index (κ1) is 18.3. The molecule has 1 aliphatic carbocycles. The molecule has 1 aromatic carbocycles. The van der Waals surface area contributed by atoms with Crippen molar-refractivity contribution in [1.82, 2.24) is 5.32 Å². The smallest absolute Gasteiger partial charge is 0.328 e. The van der Waals surface area contributed by atoms with Gasteiger partial charge in [-0.3, -0.25) is 4.79 Å². The number of hydrogen-bond acceptors (Lipinski definition) is 4. The van der Waals surface area contributed by atoms with Crippen LogP contribution in [-0.2, 0) is 20.7 Å². The number of methoxy groups -OCH3 is 1. The van der Waals surface area contributed by atoms with Crippen molar-refractivity contribution in [3.8, 4) is 5.75 Å². The number of hydrogen-bond donors (Lipinski definition) is 2. The monoisotopic (exact) mass is 333 g/mol. The molecule has 24 heavy (non-hydrogen) atoms. The third-order valence-corrected chi connectivity index (χ3v) is 4.80. The number of ether oxygens (including phenoxy) is 1. The Hall–Kier alpha value is -2.04. The van der Waals surface area contributed by atoms with Gasteiger partial charge in [-0.1, -0.05) is 38.3 Å². The van der Waals surface area contributed by atoms with Crippen LogP contribution in [0.15, 0.2) is 24.3 Å². The molecule has 2 unspecified atom stereocenters. The molecular formula is C19H27NO4. The molecule has 0 bridgehead atoms. The molecule has 0 saturated heterocycles. The first-order valence-corrected chi connectivity index (χ1v) is 8.67. The summed E-state index contributed by atoms with van der Waals surface area (Å²) in [6.45, 7) is 1.84. The number of rotatable bonds is 6. The Morgan fingerprint density at radius 1 is 1.21 bits per heavy atom. The van der Waals surface area contributed by atoms with Crippen molar-refractivity contribution >= 4 is 11.9 Å². The Morgan fingerprint density at radius 3 is 2.42 bits per heavy atom. The summed E-state index contributed by atoms with van der Waals surface area (Å²) in [7, 11) is 1.37. The molecule has 2 atom stereocenters. The van der Waals surface area contributed by atoms with Crippen LogP contribution in [0, 0.1) is 11.8 Å². The zero-order chi connectivity index (χ0) is 17.5. The summed E-state index contributed by atoms with van der Waals surface area (Å²) in [5.74, 6) is -0.378. The first-order valence-electron chi connectivity index (χ1n) is 8.67. The minimum absolute atomic E-state index is 0.135. The molecule has 5 nitrogen and oxygen atoms in total. The molecule has 132 valence electrons. The van der Waals surface area contributed by atoms with E-state index in [0.29, 0.717) is 6.42 Å². The van der Waals surface area contributed by atoms with Gasteiger partial charge in [0.2, 0.25) is 5.91 Å². The fourth-order valence-electron chi connectivity index (χ4n) is 3.34. The lowest BCUT2D eigenvalue weighted by molar-refractivity contribution is -0.147. The van der Waals surface area contributed by atoms with Gasteiger partial charge in [0.1, 0.15) is 11.8 Å². The molecule has 5 heteroatoms. The van der Waals surface area contributed by atoms with Crippen molar-refractivity contribution < 1.29 is 19.4 Å². The van der Waals surface area contributed by atoms with Gasteiger partial charge < -0.3 is 15.2 Å². The van der Waals surface area contributed by atoms with Crippen LogP contribution in [0.4, 0.5) is 0 Å². The van der Waals surface area contributed by atoms with E-state index >= 15 is 0 Å². The molecule has 0 heterocycles. The molecule has 1 fully saturated rings. The van der Waals surface area contributed by atoms with Crippen LogP contribution in [0.5, 0.6) is 5.75 Å². The molecule has 2 N–H and O–H groups in total. The topological polar surface area (TPSA) is 75.6 Å². The second kappa shape index (κ2) is 8.71. The largest absolute Gasteiger partial charge is 0.508 e. The molecular weight excluding hydrogens is 306 g/mol. The molecule has 0 radical (unpaired) electrons. The summed E-state index contributed by atoms with van der Waals surface area (Å²) in [5, 5.41) is 12.2. The van der Waals surface area contributed by atoms with Crippen LogP contribution in [0.3, 0.4) is 0 Å². The van der Waals surface area contributed by atoms with Crippen LogP contribution >= 0.6 is 0 Å².